The molecular formula is C14H19NO3S2. The van der Waals surface area contributed by atoms with Crippen LogP contribution in [-0.4, -0.2) is 43.0 Å². The average Bonchev–Trinajstić information content (AvgIpc) is 2.96. The van der Waals surface area contributed by atoms with Crippen molar-refractivity contribution in [3.05, 3.63) is 17.7 Å². The van der Waals surface area contributed by atoms with E-state index >= 15 is 0 Å². The molecule has 2 aliphatic rings. The molecule has 4 nitrogen and oxygen atoms in total. The average molecular weight is 313 g/mol. The molecular weight excluding hydrogens is 294 g/mol. The van der Waals surface area contributed by atoms with Crippen molar-refractivity contribution in [3.63, 3.8) is 0 Å². The fourth-order valence-corrected chi connectivity index (χ4v) is 4.96. The Balaban J connectivity index is 1.57. The number of hydrogen-bond acceptors (Lipinski definition) is 6. The molecule has 0 aromatic heterocycles. The van der Waals surface area contributed by atoms with Gasteiger partial charge >= 0.3 is 0 Å². The Kier molecular flexibility index (Phi) is 4.86. The Morgan fingerprint density at radius 1 is 1.35 bits per heavy atom. The van der Waals surface area contributed by atoms with E-state index in [9.17, 15) is 0 Å². The SMILES string of the molecule is COc1cc(CNCC2CSCCS2)cc2c1OCO2. The van der Waals surface area contributed by atoms with E-state index in [0.29, 0.717) is 0 Å². The van der Waals surface area contributed by atoms with Gasteiger partial charge in [0.2, 0.25) is 12.5 Å². The van der Waals surface area contributed by atoms with Gasteiger partial charge in [-0.05, 0) is 17.7 Å². The molecule has 6 heteroatoms. The Bertz CT molecular complexity index is 464. The number of methoxy groups -OCH3 is 1. The summed E-state index contributed by atoms with van der Waals surface area (Å²) in [7, 11) is 1.66. The van der Waals surface area contributed by atoms with Gasteiger partial charge < -0.3 is 19.5 Å². The number of hydrogen-bond donors (Lipinski definition) is 1. The van der Waals surface area contributed by atoms with E-state index in [1.165, 1.54) is 22.8 Å². The normalized spacial score (nSPS) is 20.9. The maximum absolute atomic E-state index is 5.44. The summed E-state index contributed by atoms with van der Waals surface area (Å²) in [4.78, 5) is 0. The molecule has 1 saturated heterocycles. The Morgan fingerprint density at radius 2 is 2.30 bits per heavy atom. The van der Waals surface area contributed by atoms with E-state index in [1.807, 2.05) is 12.1 Å². The molecule has 1 aromatic rings. The van der Waals surface area contributed by atoms with Crippen molar-refractivity contribution in [2.75, 3.05) is 37.7 Å². The number of ether oxygens (including phenoxy) is 3. The molecule has 1 aromatic carbocycles. The molecule has 1 N–H and O–H groups in total. The highest BCUT2D eigenvalue weighted by Gasteiger charge is 2.20. The lowest BCUT2D eigenvalue weighted by molar-refractivity contribution is 0.171. The van der Waals surface area contributed by atoms with Crippen LogP contribution >= 0.6 is 23.5 Å². The number of nitrogens with one attached hydrogen (secondary N) is 1. The highest BCUT2D eigenvalue weighted by atomic mass is 32.2. The van der Waals surface area contributed by atoms with E-state index in [-0.39, 0.29) is 6.79 Å². The minimum Gasteiger partial charge on any atom is -0.493 e. The minimum absolute atomic E-state index is 0.276. The molecule has 2 aliphatic heterocycles. The van der Waals surface area contributed by atoms with Crippen LogP contribution in [0.25, 0.3) is 0 Å². The maximum atomic E-state index is 5.44. The summed E-state index contributed by atoms with van der Waals surface area (Å²) in [6.45, 7) is 2.15. The van der Waals surface area contributed by atoms with Gasteiger partial charge in [-0.2, -0.15) is 23.5 Å². The molecule has 110 valence electrons. The molecule has 0 amide bonds. The molecule has 1 fully saturated rings. The third kappa shape index (κ3) is 3.30. The first-order valence-electron chi connectivity index (χ1n) is 6.73. The summed E-state index contributed by atoms with van der Waals surface area (Å²) < 4.78 is 16.2. The molecule has 0 spiro atoms. The first-order chi connectivity index (χ1) is 9.86. The molecule has 20 heavy (non-hydrogen) atoms. The van der Waals surface area contributed by atoms with Crippen molar-refractivity contribution in [3.8, 4) is 17.2 Å². The van der Waals surface area contributed by atoms with Gasteiger partial charge in [0.1, 0.15) is 0 Å². The van der Waals surface area contributed by atoms with Gasteiger partial charge in [0.05, 0.1) is 7.11 Å². The molecule has 0 aliphatic carbocycles. The van der Waals surface area contributed by atoms with E-state index in [0.717, 1.165) is 35.6 Å². The maximum Gasteiger partial charge on any atom is 0.231 e. The third-order valence-electron chi connectivity index (χ3n) is 3.30. The van der Waals surface area contributed by atoms with Crippen molar-refractivity contribution >= 4 is 23.5 Å². The van der Waals surface area contributed by atoms with Crippen LogP contribution in [0.4, 0.5) is 0 Å². The van der Waals surface area contributed by atoms with Crippen LogP contribution in [0.5, 0.6) is 17.2 Å². The van der Waals surface area contributed by atoms with Crippen LogP contribution in [0, 0.1) is 0 Å². The highest BCUT2D eigenvalue weighted by Crippen LogP contribution is 2.41. The minimum atomic E-state index is 0.276. The standard InChI is InChI=1S/C14H19NO3S2/c1-16-12-4-10(5-13-14(12)18-9-17-13)6-15-7-11-8-19-2-3-20-11/h4-5,11,15H,2-3,6-9H2,1H3. The quantitative estimate of drug-likeness (QED) is 0.900. The topological polar surface area (TPSA) is 39.7 Å². The first kappa shape index (κ1) is 14.2. The van der Waals surface area contributed by atoms with Gasteiger partial charge in [-0.15, -0.1) is 0 Å². The molecule has 0 saturated carbocycles. The predicted octanol–water partition coefficient (Wildman–Crippen LogP) is 2.36. The first-order valence-corrected chi connectivity index (χ1v) is 8.94. The van der Waals surface area contributed by atoms with Crippen LogP contribution in [0.3, 0.4) is 0 Å². The monoisotopic (exact) mass is 313 g/mol. The van der Waals surface area contributed by atoms with E-state index < -0.39 is 0 Å². The molecule has 1 atom stereocenters. The zero-order valence-electron chi connectivity index (χ0n) is 11.5. The van der Waals surface area contributed by atoms with E-state index in [2.05, 4.69) is 28.8 Å². The highest BCUT2D eigenvalue weighted by molar-refractivity contribution is 8.06. The van der Waals surface area contributed by atoms with Gasteiger partial charge in [-0.25, -0.2) is 0 Å². The van der Waals surface area contributed by atoms with Crippen molar-refractivity contribution < 1.29 is 14.2 Å². The fraction of sp³-hybridized carbons (Fsp3) is 0.571. The van der Waals surface area contributed by atoms with Gasteiger partial charge in [0, 0.05) is 35.6 Å². The van der Waals surface area contributed by atoms with Crippen molar-refractivity contribution in [1.29, 1.82) is 0 Å². The summed E-state index contributed by atoms with van der Waals surface area (Å²) in [5, 5.41) is 4.25. The van der Waals surface area contributed by atoms with E-state index in [4.69, 9.17) is 14.2 Å². The largest absolute Gasteiger partial charge is 0.493 e. The smallest absolute Gasteiger partial charge is 0.231 e. The lowest BCUT2D eigenvalue weighted by Gasteiger charge is -2.21. The van der Waals surface area contributed by atoms with Crippen LogP contribution in [0.2, 0.25) is 0 Å². The van der Waals surface area contributed by atoms with Crippen LogP contribution in [0.1, 0.15) is 5.56 Å². The zero-order valence-corrected chi connectivity index (χ0v) is 13.1. The summed E-state index contributed by atoms with van der Waals surface area (Å²) >= 11 is 4.13. The molecule has 2 heterocycles. The van der Waals surface area contributed by atoms with E-state index in [1.54, 1.807) is 7.11 Å². The third-order valence-corrected chi connectivity index (χ3v) is 6.15. The predicted molar refractivity (Wildman–Crippen MR) is 84.4 cm³/mol. The second kappa shape index (κ2) is 6.83. The van der Waals surface area contributed by atoms with Crippen molar-refractivity contribution in [2.45, 2.75) is 11.8 Å². The van der Waals surface area contributed by atoms with Gasteiger partial charge in [0.25, 0.3) is 0 Å². The summed E-state index contributed by atoms with van der Waals surface area (Å²) in [6, 6.07) is 4.05. The van der Waals surface area contributed by atoms with Crippen LogP contribution < -0.4 is 19.5 Å². The van der Waals surface area contributed by atoms with Crippen LogP contribution in [0.15, 0.2) is 12.1 Å². The second-order valence-electron chi connectivity index (χ2n) is 4.73. The molecule has 0 radical (unpaired) electrons. The summed E-state index contributed by atoms with van der Waals surface area (Å²) in [6.07, 6.45) is 0. The molecule has 3 rings (SSSR count). The number of benzene rings is 1. The molecule has 0 bridgehead atoms. The molecule has 1 unspecified atom stereocenters. The lowest BCUT2D eigenvalue weighted by atomic mass is 10.2. The second-order valence-corrected chi connectivity index (χ2v) is 7.29. The van der Waals surface area contributed by atoms with Gasteiger partial charge in [-0.1, -0.05) is 0 Å². The zero-order chi connectivity index (χ0) is 13.8. The number of thioether (sulfide) groups is 2. The number of rotatable bonds is 5. The van der Waals surface area contributed by atoms with Gasteiger partial charge in [0.15, 0.2) is 11.5 Å². The van der Waals surface area contributed by atoms with Crippen LogP contribution in [-0.2, 0) is 6.54 Å². The lowest BCUT2D eigenvalue weighted by Crippen LogP contribution is -2.28. The van der Waals surface area contributed by atoms with Crippen molar-refractivity contribution in [1.82, 2.24) is 5.32 Å². The van der Waals surface area contributed by atoms with Gasteiger partial charge in [-0.3, -0.25) is 0 Å². The summed E-state index contributed by atoms with van der Waals surface area (Å²) in [5.74, 6) is 6.07. The fourth-order valence-electron chi connectivity index (χ4n) is 2.32. The Hall–Kier alpha value is -0.720. The number of fused-ring (bicyclic) bond motifs is 1. The Morgan fingerprint density at radius 3 is 3.10 bits per heavy atom. The summed E-state index contributed by atoms with van der Waals surface area (Å²) in [5.41, 5.74) is 1.17. The van der Waals surface area contributed by atoms with Crippen molar-refractivity contribution in [2.24, 2.45) is 0 Å². The Labute approximate surface area is 127 Å².